The van der Waals surface area contributed by atoms with E-state index in [0.717, 1.165) is 6.54 Å². The molecule has 2 heteroatoms. The molecule has 16 heavy (non-hydrogen) atoms. The van der Waals surface area contributed by atoms with Gasteiger partial charge >= 0.3 is 0 Å². The van der Waals surface area contributed by atoms with E-state index in [9.17, 15) is 0 Å². The summed E-state index contributed by atoms with van der Waals surface area (Å²) in [6, 6.07) is 0.535. The molecule has 2 atom stereocenters. The highest BCUT2D eigenvalue weighted by atomic mass is 15.4. The maximum Gasteiger partial charge on any atom is 0.0314 e. The minimum Gasteiger partial charge on any atom is -0.257 e. The van der Waals surface area contributed by atoms with Crippen LogP contribution in [0.5, 0.6) is 0 Å². The second-order valence-electron chi connectivity index (χ2n) is 7.95. The SMILES string of the molecule is CC(C)(C)C1CNNC1C(C)(C)C(C)(C)C. The Morgan fingerprint density at radius 2 is 1.38 bits per heavy atom. The zero-order valence-corrected chi connectivity index (χ0v) is 12.4. The molecule has 1 aliphatic heterocycles. The third kappa shape index (κ3) is 2.43. The number of hydrogen-bond acceptors (Lipinski definition) is 2. The number of hydrogen-bond donors (Lipinski definition) is 2. The average molecular weight is 226 g/mol. The molecule has 96 valence electrons. The van der Waals surface area contributed by atoms with Crippen molar-refractivity contribution in [3.05, 3.63) is 0 Å². The molecule has 0 radical (unpaired) electrons. The molecule has 0 saturated carbocycles. The molecular formula is C14H30N2. The standard InChI is InChI=1S/C14H30N2/c1-12(2,3)10-9-15-16-11(10)14(7,8)13(4,5)6/h10-11,15-16H,9H2,1-8H3. The largest absolute Gasteiger partial charge is 0.257 e. The highest BCUT2D eigenvalue weighted by Crippen LogP contribution is 2.47. The van der Waals surface area contributed by atoms with E-state index in [4.69, 9.17) is 0 Å². The van der Waals surface area contributed by atoms with Gasteiger partial charge in [0.05, 0.1) is 0 Å². The molecular weight excluding hydrogens is 196 g/mol. The van der Waals surface area contributed by atoms with E-state index in [1.165, 1.54) is 0 Å². The molecule has 1 rings (SSSR count). The van der Waals surface area contributed by atoms with Gasteiger partial charge in [0.2, 0.25) is 0 Å². The summed E-state index contributed by atoms with van der Waals surface area (Å²) in [6.45, 7) is 19.9. The second-order valence-corrected chi connectivity index (χ2v) is 7.95. The van der Waals surface area contributed by atoms with Crippen molar-refractivity contribution in [2.75, 3.05) is 6.54 Å². The molecule has 2 unspecified atom stereocenters. The van der Waals surface area contributed by atoms with Crippen LogP contribution < -0.4 is 10.9 Å². The van der Waals surface area contributed by atoms with E-state index in [2.05, 4.69) is 66.2 Å². The van der Waals surface area contributed by atoms with Crippen molar-refractivity contribution < 1.29 is 0 Å². The fraction of sp³-hybridized carbons (Fsp3) is 1.00. The minimum absolute atomic E-state index is 0.272. The van der Waals surface area contributed by atoms with Crippen LogP contribution in [0.1, 0.15) is 55.4 Å². The van der Waals surface area contributed by atoms with Gasteiger partial charge < -0.3 is 0 Å². The molecule has 0 amide bonds. The lowest BCUT2D eigenvalue weighted by Gasteiger charge is -2.48. The molecule has 0 aliphatic carbocycles. The second kappa shape index (κ2) is 3.99. The monoisotopic (exact) mass is 226 g/mol. The molecule has 0 aromatic rings. The Morgan fingerprint density at radius 1 is 0.875 bits per heavy atom. The van der Waals surface area contributed by atoms with Crippen LogP contribution in [0.4, 0.5) is 0 Å². The summed E-state index contributed by atoms with van der Waals surface area (Å²) in [5.74, 6) is 0.682. The maximum atomic E-state index is 3.51. The lowest BCUT2D eigenvalue weighted by atomic mass is 9.59. The van der Waals surface area contributed by atoms with Crippen LogP contribution in [-0.4, -0.2) is 12.6 Å². The molecule has 1 fully saturated rings. The van der Waals surface area contributed by atoms with Crippen LogP contribution in [0, 0.1) is 22.2 Å². The lowest BCUT2D eigenvalue weighted by molar-refractivity contribution is 0.0387. The first kappa shape index (κ1) is 14.0. The Kier molecular flexibility index (Phi) is 3.49. The van der Waals surface area contributed by atoms with E-state index >= 15 is 0 Å². The summed E-state index contributed by atoms with van der Waals surface area (Å²) in [5, 5.41) is 0. The van der Waals surface area contributed by atoms with Gasteiger partial charge in [0.25, 0.3) is 0 Å². The zero-order valence-electron chi connectivity index (χ0n) is 12.4. The van der Waals surface area contributed by atoms with Crippen molar-refractivity contribution in [1.29, 1.82) is 0 Å². The minimum atomic E-state index is 0.272. The lowest BCUT2D eigenvalue weighted by Crippen LogP contribution is -2.52. The first-order chi connectivity index (χ1) is 6.98. The predicted molar refractivity (Wildman–Crippen MR) is 71.1 cm³/mol. The van der Waals surface area contributed by atoms with Crippen LogP contribution in [0.15, 0.2) is 0 Å². The van der Waals surface area contributed by atoms with Gasteiger partial charge in [-0.25, -0.2) is 0 Å². The molecule has 1 saturated heterocycles. The molecule has 2 nitrogen and oxygen atoms in total. The quantitative estimate of drug-likeness (QED) is 0.717. The summed E-state index contributed by atoms with van der Waals surface area (Å²) in [7, 11) is 0. The van der Waals surface area contributed by atoms with Gasteiger partial charge in [-0.15, -0.1) is 0 Å². The van der Waals surface area contributed by atoms with Crippen LogP contribution in [0.25, 0.3) is 0 Å². The average Bonchev–Trinajstić information content (AvgIpc) is 2.47. The van der Waals surface area contributed by atoms with Crippen LogP contribution >= 0.6 is 0 Å². The first-order valence-corrected chi connectivity index (χ1v) is 6.46. The van der Waals surface area contributed by atoms with Gasteiger partial charge in [-0.3, -0.25) is 10.9 Å². The van der Waals surface area contributed by atoms with Gasteiger partial charge in [-0.2, -0.15) is 0 Å². The normalized spacial score (nSPS) is 28.5. The van der Waals surface area contributed by atoms with Gasteiger partial charge in [-0.05, 0) is 22.2 Å². The van der Waals surface area contributed by atoms with Gasteiger partial charge in [-0.1, -0.05) is 55.4 Å². The maximum absolute atomic E-state index is 3.51. The van der Waals surface area contributed by atoms with Gasteiger partial charge in [0.1, 0.15) is 0 Å². The summed E-state index contributed by atoms with van der Waals surface area (Å²) < 4.78 is 0. The van der Waals surface area contributed by atoms with Crippen molar-refractivity contribution in [3.8, 4) is 0 Å². The Morgan fingerprint density at radius 3 is 1.75 bits per heavy atom. The van der Waals surface area contributed by atoms with Crippen molar-refractivity contribution in [2.24, 2.45) is 22.2 Å². The zero-order chi connectivity index (χ0) is 12.8. The Bertz CT molecular complexity index is 242. The van der Waals surface area contributed by atoms with Gasteiger partial charge in [0.15, 0.2) is 0 Å². The number of hydrazine groups is 1. The van der Waals surface area contributed by atoms with Crippen molar-refractivity contribution in [3.63, 3.8) is 0 Å². The third-order valence-electron chi connectivity index (χ3n) is 4.80. The summed E-state index contributed by atoms with van der Waals surface area (Å²) in [5.41, 5.74) is 7.80. The van der Waals surface area contributed by atoms with E-state index < -0.39 is 0 Å². The summed E-state index contributed by atoms with van der Waals surface area (Å²) >= 11 is 0. The van der Waals surface area contributed by atoms with Crippen molar-refractivity contribution >= 4 is 0 Å². The molecule has 0 aromatic carbocycles. The molecule has 1 aliphatic rings. The Hall–Kier alpha value is -0.0800. The molecule has 2 N–H and O–H groups in total. The summed E-state index contributed by atoms with van der Waals surface area (Å²) in [6.07, 6.45) is 0. The number of nitrogens with one attached hydrogen (secondary N) is 2. The fourth-order valence-corrected chi connectivity index (χ4v) is 2.45. The van der Waals surface area contributed by atoms with E-state index in [1.807, 2.05) is 0 Å². The van der Waals surface area contributed by atoms with E-state index in [0.29, 0.717) is 22.8 Å². The van der Waals surface area contributed by atoms with E-state index in [1.54, 1.807) is 0 Å². The highest BCUT2D eigenvalue weighted by Gasteiger charge is 2.48. The predicted octanol–water partition coefficient (Wildman–Crippen LogP) is 3.20. The Labute approximate surface area is 102 Å². The highest BCUT2D eigenvalue weighted by molar-refractivity contribution is 5.01. The van der Waals surface area contributed by atoms with Crippen LogP contribution in [-0.2, 0) is 0 Å². The van der Waals surface area contributed by atoms with Crippen molar-refractivity contribution in [1.82, 2.24) is 10.9 Å². The van der Waals surface area contributed by atoms with Crippen molar-refractivity contribution in [2.45, 2.75) is 61.4 Å². The fourth-order valence-electron chi connectivity index (χ4n) is 2.45. The van der Waals surface area contributed by atoms with Crippen LogP contribution in [0.2, 0.25) is 0 Å². The first-order valence-electron chi connectivity index (χ1n) is 6.46. The molecule has 0 bridgehead atoms. The van der Waals surface area contributed by atoms with Crippen LogP contribution in [0.3, 0.4) is 0 Å². The number of rotatable bonds is 1. The third-order valence-corrected chi connectivity index (χ3v) is 4.80. The van der Waals surface area contributed by atoms with E-state index in [-0.39, 0.29) is 5.41 Å². The Balaban J connectivity index is 2.96. The molecule has 0 spiro atoms. The van der Waals surface area contributed by atoms with Gasteiger partial charge in [0, 0.05) is 12.6 Å². The summed E-state index contributed by atoms with van der Waals surface area (Å²) in [4.78, 5) is 0. The molecule has 0 aromatic heterocycles. The topological polar surface area (TPSA) is 24.1 Å². The smallest absolute Gasteiger partial charge is 0.0314 e. The molecule has 1 heterocycles.